The smallest absolute Gasteiger partial charge is 0.126 e. The Morgan fingerprint density at radius 2 is 1.94 bits per heavy atom. The maximum Gasteiger partial charge on any atom is 0.126 e. The summed E-state index contributed by atoms with van der Waals surface area (Å²) in [7, 11) is 0. The standard InChI is InChI=1S/C13H11NOS/c16-13(9-8-12-7-4-10-15-12)14-11-5-2-1-3-6-11/h1-10H,(H,14,16). The first-order chi connectivity index (χ1) is 7.84. The lowest BCUT2D eigenvalue weighted by atomic mass is 10.3. The Bertz CT molecular complexity index is 474. The number of benzene rings is 1. The van der Waals surface area contributed by atoms with Crippen LogP contribution in [0.5, 0.6) is 0 Å². The monoisotopic (exact) mass is 229 g/mol. The number of hydrogen-bond acceptors (Lipinski definition) is 2. The molecule has 2 nitrogen and oxygen atoms in total. The largest absolute Gasteiger partial charge is 0.465 e. The molecule has 80 valence electrons. The van der Waals surface area contributed by atoms with Gasteiger partial charge in [0.05, 0.1) is 6.26 Å². The van der Waals surface area contributed by atoms with Crippen LogP contribution in [0.2, 0.25) is 0 Å². The number of rotatable bonds is 3. The molecule has 1 heterocycles. The summed E-state index contributed by atoms with van der Waals surface area (Å²) in [6, 6.07) is 13.5. The van der Waals surface area contributed by atoms with Crippen molar-refractivity contribution in [3.05, 3.63) is 60.6 Å². The van der Waals surface area contributed by atoms with Crippen LogP contribution in [0.4, 0.5) is 5.69 Å². The average Bonchev–Trinajstić information content (AvgIpc) is 2.81. The molecule has 0 aliphatic carbocycles. The quantitative estimate of drug-likeness (QED) is 0.641. The van der Waals surface area contributed by atoms with Gasteiger partial charge in [-0.3, -0.25) is 0 Å². The zero-order valence-corrected chi connectivity index (χ0v) is 9.41. The van der Waals surface area contributed by atoms with Crippen LogP contribution in [-0.2, 0) is 0 Å². The highest BCUT2D eigenvalue weighted by Gasteiger charge is 1.93. The summed E-state index contributed by atoms with van der Waals surface area (Å²) in [5.41, 5.74) is 0.983. The lowest BCUT2D eigenvalue weighted by Gasteiger charge is -2.02. The van der Waals surface area contributed by atoms with Crippen LogP contribution in [-0.4, -0.2) is 4.99 Å². The molecule has 0 saturated carbocycles. The second-order valence-electron chi connectivity index (χ2n) is 3.20. The second-order valence-corrected chi connectivity index (χ2v) is 3.64. The molecule has 3 heteroatoms. The fraction of sp³-hybridized carbons (Fsp3) is 0. The topological polar surface area (TPSA) is 25.2 Å². The van der Waals surface area contributed by atoms with E-state index < -0.39 is 0 Å². The normalized spacial score (nSPS) is 10.5. The van der Waals surface area contributed by atoms with E-state index in [9.17, 15) is 0 Å². The molecule has 0 aliphatic rings. The van der Waals surface area contributed by atoms with Crippen LogP contribution in [0.25, 0.3) is 6.08 Å². The minimum Gasteiger partial charge on any atom is -0.465 e. The highest BCUT2D eigenvalue weighted by Crippen LogP contribution is 2.07. The van der Waals surface area contributed by atoms with E-state index in [1.807, 2.05) is 48.5 Å². The molecule has 1 N–H and O–H groups in total. The Labute approximate surface area is 99.6 Å². The van der Waals surface area contributed by atoms with Gasteiger partial charge in [0, 0.05) is 5.69 Å². The molecule has 2 aromatic rings. The Morgan fingerprint density at radius 1 is 1.12 bits per heavy atom. The highest BCUT2D eigenvalue weighted by molar-refractivity contribution is 7.81. The van der Waals surface area contributed by atoms with Crippen molar-refractivity contribution in [3.63, 3.8) is 0 Å². The Balaban J connectivity index is 1.95. The summed E-state index contributed by atoms with van der Waals surface area (Å²) in [6.07, 6.45) is 5.27. The minimum absolute atomic E-state index is 0.655. The van der Waals surface area contributed by atoms with Gasteiger partial charge >= 0.3 is 0 Å². The van der Waals surface area contributed by atoms with E-state index in [4.69, 9.17) is 16.6 Å². The predicted octanol–water partition coefficient (Wildman–Crippen LogP) is 3.73. The van der Waals surface area contributed by atoms with Crippen LogP contribution < -0.4 is 5.32 Å². The lowest BCUT2D eigenvalue weighted by molar-refractivity contribution is 0.557. The first-order valence-electron chi connectivity index (χ1n) is 4.92. The van der Waals surface area contributed by atoms with Crippen molar-refractivity contribution in [1.82, 2.24) is 0 Å². The van der Waals surface area contributed by atoms with Gasteiger partial charge in [0.25, 0.3) is 0 Å². The number of furan rings is 1. The lowest BCUT2D eigenvalue weighted by Crippen LogP contribution is -2.04. The van der Waals surface area contributed by atoms with E-state index in [1.54, 1.807) is 12.3 Å². The predicted molar refractivity (Wildman–Crippen MR) is 70.4 cm³/mol. The molecule has 0 fully saturated rings. The number of anilines is 1. The van der Waals surface area contributed by atoms with Gasteiger partial charge in [-0.15, -0.1) is 0 Å². The molecule has 0 saturated heterocycles. The fourth-order valence-corrected chi connectivity index (χ4v) is 1.44. The van der Waals surface area contributed by atoms with Crippen molar-refractivity contribution in [3.8, 4) is 0 Å². The van der Waals surface area contributed by atoms with E-state index in [2.05, 4.69) is 5.32 Å². The van der Waals surface area contributed by atoms with Gasteiger partial charge in [-0.1, -0.05) is 30.4 Å². The van der Waals surface area contributed by atoms with E-state index in [-0.39, 0.29) is 0 Å². The molecule has 0 unspecified atom stereocenters. The molecule has 0 atom stereocenters. The van der Waals surface area contributed by atoms with Crippen LogP contribution in [0.15, 0.2) is 59.2 Å². The third kappa shape index (κ3) is 3.07. The van der Waals surface area contributed by atoms with Gasteiger partial charge in [-0.05, 0) is 36.4 Å². The summed E-state index contributed by atoms with van der Waals surface area (Å²) < 4.78 is 5.16. The Kier molecular flexibility index (Phi) is 3.51. The van der Waals surface area contributed by atoms with Crippen molar-refractivity contribution in [2.45, 2.75) is 0 Å². The van der Waals surface area contributed by atoms with E-state index >= 15 is 0 Å². The molecule has 0 spiro atoms. The maximum atomic E-state index is 5.17. The fourth-order valence-electron chi connectivity index (χ4n) is 1.25. The number of thiocarbonyl (C=S) groups is 1. The van der Waals surface area contributed by atoms with Gasteiger partial charge in [0.1, 0.15) is 10.7 Å². The van der Waals surface area contributed by atoms with Gasteiger partial charge < -0.3 is 9.73 Å². The molecular formula is C13H11NOS. The molecule has 1 aromatic carbocycles. The second kappa shape index (κ2) is 5.28. The average molecular weight is 229 g/mol. The summed E-state index contributed by atoms with van der Waals surface area (Å²) in [4.78, 5) is 0.655. The molecule has 0 amide bonds. The van der Waals surface area contributed by atoms with Crippen LogP contribution in [0.3, 0.4) is 0 Å². The summed E-state index contributed by atoms with van der Waals surface area (Å²) in [5, 5.41) is 3.11. The third-order valence-electron chi connectivity index (χ3n) is 1.98. The third-order valence-corrected chi connectivity index (χ3v) is 2.22. The molecule has 1 aromatic heterocycles. The van der Waals surface area contributed by atoms with Gasteiger partial charge in [-0.2, -0.15) is 0 Å². The van der Waals surface area contributed by atoms with Gasteiger partial charge in [0.2, 0.25) is 0 Å². The van der Waals surface area contributed by atoms with Gasteiger partial charge in [0.15, 0.2) is 0 Å². The molecule has 0 bridgehead atoms. The molecule has 2 rings (SSSR count). The summed E-state index contributed by atoms with van der Waals surface area (Å²) in [6.45, 7) is 0. The van der Waals surface area contributed by atoms with E-state index in [0.29, 0.717) is 4.99 Å². The van der Waals surface area contributed by atoms with E-state index in [0.717, 1.165) is 11.4 Å². The number of para-hydroxylation sites is 1. The molecule has 16 heavy (non-hydrogen) atoms. The van der Waals surface area contributed by atoms with Crippen LogP contribution >= 0.6 is 12.2 Å². The Hall–Kier alpha value is -1.87. The van der Waals surface area contributed by atoms with Gasteiger partial charge in [-0.25, -0.2) is 0 Å². The molecular weight excluding hydrogens is 218 g/mol. The van der Waals surface area contributed by atoms with E-state index in [1.165, 1.54) is 0 Å². The zero-order chi connectivity index (χ0) is 11.2. The van der Waals surface area contributed by atoms with Crippen molar-refractivity contribution < 1.29 is 4.42 Å². The summed E-state index contributed by atoms with van der Waals surface area (Å²) >= 11 is 5.17. The minimum atomic E-state index is 0.655. The molecule has 0 aliphatic heterocycles. The first kappa shape index (κ1) is 10.6. The first-order valence-corrected chi connectivity index (χ1v) is 5.33. The summed E-state index contributed by atoms with van der Waals surface area (Å²) in [5.74, 6) is 0.789. The number of nitrogens with one attached hydrogen (secondary N) is 1. The number of hydrogen-bond donors (Lipinski definition) is 1. The maximum absolute atomic E-state index is 5.17. The van der Waals surface area contributed by atoms with Crippen molar-refractivity contribution in [2.75, 3.05) is 5.32 Å². The Morgan fingerprint density at radius 3 is 2.62 bits per heavy atom. The SMILES string of the molecule is S=C(C=Cc1ccco1)Nc1ccccc1. The van der Waals surface area contributed by atoms with Crippen molar-refractivity contribution in [2.24, 2.45) is 0 Å². The van der Waals surface area contributed by atoms with Crippen LogP contribution in [0, 0.1) is 0 Å². The highest BCUT2D eigenvalue weighted by atomic mass is 32.1. The van der Waals surface area contributed by atoms with Crippen molar-refractivity contribution in [1.29, 1.82) is 0 Å². The van der Waals surface area contributed by atoms with Crippen molar-refractivity contribution >= 4 is 29.0 Å². The molecule has 0 radical (unpaired) electrons. The zero-order valence-electron chi connectivity index (χ0n) is 8.59. The van der Waals surface area contributed by atoms with Crippen LogP contribution in [0.1, 0.15) is 5.76 Å².